The average molecular weight is 450 g/mol. The van der Waals surface area contributed by atoms with E-state index in [1.54, 1.807) is 30.3 Å². The van der Waals surface area contributed by atoms with Crippen molar-refractivity contribution in [1.82, 2.24) is 5.32 Å². The third kappa shape index (κ3) is 6.10. The van der Waals surface area contributed by atoms with Crippen molar-refractivity contribution in [2.45, 2.75) is 38.7 Å². The number of amidine groups is 1. The molecule has 1 atom stereocenters. The molecule has 0 unspecified atom stereocenters. The number of guanidine groups is 1. The molecule has 0 saturated carbocycles. The van der Waals surface area contributed by atoms with Crippen LogP contribution in [0.2, 0.25) is 0 Å². The Morgan fingerprint density at radius 1 is 1.24 bits per heavy atom. The molecule has 10 nitrogen and oxygen atoms in total. The van der Waals surface area contributed by atoms with Crippen LogP contribution in [-0.4, -0.2) is 41.6 Å². The molecule has 0 saturated heterocycles. The van der Waals surface area contributed by atoms with Gasteiger partial charge in [-0.1, -0.05) is 18.2 Å². The van der Waals surface area contributed by atoms with Crippen molar-refractivity contribution >= 4 is 30.6 Å². The zero-order chi connectivity index (χ0) is 24.1. The van der Waals surface area contributed by atoms with Gasteiger partial charge in [-0.15, -0.1) is 0 Å². The fourth-order valence-electron chi connectivity index (χ4n) is 3.67. The summed E-state index contributed by atoms with van der Waals surface area (Å²) in [6, 6.07) is 10.4. The summed E-state index contributed by atoms with van der Waals surface area (Å²) in [7, 11) is -1.32. The number of rotatable bonds is 8. The molecule has 33 heavy (non-hydrogen) atoms. The average Bonchev–Trinajstić information content (AvgIpc) is 2.76. The fourth-order valence-corrected chi connectivity index (χ4v) is 3.67. The number of benzene rings is 2. The van der Waals surface area contributed by atoms with E-state index >= 15 is 0 Å². The van der Waals surface area contributed by atoms with Gasteiger partial charge >= 0.3 is 7.12 Å². The number of aliphatic imine (C=N–C) groups is 1. The smallest absolute Gasteiger partial charge is 0.534 e. The number of hydrogen-bond acceptors (Lipinski definition) is 6. The standard InChI is InChI=1S/C22H27BN6O4/c1-12(30)17-4-2-3-15-10-18(23(32)33-20(15)17)29-21(31)16-8-13(5-6-19(24)25)7-14(9-16)11-28-22(26)27/h2-4,7-9,18,32H,5-6,10-11H2,1H3,(H3,24,25)(H,29,31)(H4,26,27,28)/t18-/m0/s1. The summed E-state index contributed by atoms with van der Waals surface area (Å²) in [6.45, 7) is 1.62. The Bertz CT molecular complexity index is 1120. The fraction of sp³-hybridized carbons (Fsp3) is 0.273. The molecule has 1 amide bonds. The van der Waals surface area contributed by atoms with Crippen LogP contribution in [0.25, 0.3) is 0 Å². The van der Waals surface area contributed by atoms with Crippen LogP contribution < -0.4 is 27.2 Å². The monoisotopic (exact) mass is 450 g/mol. The van der Waals surface area contributed by atoms with E-state index < -0.39 is 19.0 Å². The molecule has 0 aliphatic carbocycles. The summed E-state index contributed by atoms with van der Waals surface area (Å²) in [5.41, 5.74) is 19.3. The lowest BCUT2D eigenvalue weighted by Gasteiger charge is -2.29. The maximum absolute atomic E-state index is 13.0. The summed E-state index contributed by atoms with van der Waals surface area (Å²) in [4.78, 5) is 28.9. The number of aryl methyl sites for hydroxylation is 1. The van der Waals surface area contributed by atoms with Gasteiger partial charge in [-0.25, -0.2) is 4.99 Å². The molecule has 172 valence electrons. The van der Waals surface area contributed by atoms with Crippen LogP contribution in [0.5, 0.6) is 5.75 Å². The van der Waals surface area contributed by atoms with Crippen LogP contribution >= 0.6 is 0 Å². The maximum Gasteiger partial charge on any atom is 0.547 e. The minimum atomic E-state index is -1.32. The molecule has 1 aliphatic heterocycles. The Hall–Kier alpha value is -3.86. The van der Waals surface area contributed by atoms with E-state index in [0.717, 1.165) is 11.1 Å². The van der Waals surface area contributed by atoms with Crippen LogP contribution in [-0.2, 0) is 19.4 Å². The highest BCUT2D eigenvalue weighted by molar-refractivity contribution is 6.47. The SMILES string of the molecule is CC(=O)c1cccc2c1OB(O)[C@@H](NC(=O)c1cc(CCC(=N)N)cc(CN=C(N)N)c1)C2. The van der Waals surface area contributed by atoms with Gasteiger partial charge in [-0.05, 0) is 54.7 Å². The van der Waals surface area contributed by atoms with Crippen molar-refractivity contribution in [3.05, 3.63) is 64.2 Å². The first-order valence-electron chi connectivity index (χ1n) is 10.4. The molecule has 0 spiro atoms. The highest BCUT2D eigenvalue weighted by Gasteiger charge is 2.37. The first-order chi connectivity index (χ1) is 15.6. The lowest BCUT2D eigenvalue weighted by Crippen LogP contribution is -2.53. The number of fused-ring (bicyclic) bond motifs is 1. The summed E-state index contributed by atoms with van der Waals surface area (Å²) in [5, 5.41) is 20.7. The summed E-state index contributed by atoms with van der Waals surface area (Å²) in [5.74, 6) is -0.979. The van der Waals surface area contributed by atoms with Crippen molar-refractivity contribution in [2.24, 2.45) is 22.2 Å². The van der Waals surface area contributed by atoms with Gasteiger partial charge in [0.25, 0.3) is 5.91 Å². The van der Waals surface area contributed by atoms with E-state index in [9.17, 15) is 14.6 Å². The maximum atomic E-state index is 13.0. The largest absolute Gasteiger partial charge is 0.547 e. The molecule has 0 aromatic heterocycles. The lowest BCUT2D eigenvalue weighted by atomic mass is 9.72. The summed E-state index contributed by atoms with van der Waals surface area (Å²) >= 11 is 0. The second kappa shape index (κ2) is 10.2. The quantitative estimate of drug-likeness (QED) is 0.144. The molecular weight excluding hydrogens is 423 g/mol. The number of carbonyl (C=O) groups is 2. The number of ketones is 1. The van der Waals surface area contributed by atoms with E-state index in [1.165, 1.54) is 6.92 Å². The van der Waals surface area contributed by atoms with Crippen molar-refractivity contribution in [3.63, 3.8) is 0 Å². The summed E-state index contributed by atoms with van der Waals surface area (Å²) in [6.07, 6.45) is 1.12. The van der Waals surface area contributed by atoms with E-state index in [-0.39, 0.29) is 24.1 Å². The molecule has 2 aromatic carbocycles. The van der Waals surface area contributed by atoms with Crippen LogP contribution in [0.3, 0.4) is 0 Å². The number of carbonyl (C=O) groups excluding carboxylic acids is 2. The number of nitrogens with one attached hydrogen (secondary N) is 2. The molecule has 3 rings (SSSR count). The number of hydrogen-bond donors (Lipinski definition) is 6. The molecule has 11 heteroatoms. The Balaban J connectivity index is 1.82. The Kier molecular flexibility index (Phi) is 7.34. The molecule has 0 radical (unpaired) electrons. The number of Topliss-reactive ketones (excluding diaryl/α,β-unsaturated/α-hetero) is 1. The van der Waals surface area contributed by atoms with Gasteiger partial charge in [0.1, 0.15) is 5.75 Å². The van der Waals surface area contributed by atoms with Crippen LogP contribution in [0.1, 0.15) is 50.8 Å². The van der Waals surface area contributed by atoms with E-state index in [4.69, 9.17) is 27.3 Å². The van der Waals surface area contributed by atoms with E-state index in [2.05, 4.69) is 10.3 Å². The van der Waals surface area contributed by atoms with Crippen LogP contribution in [0.15, 0.2) is 41.4 Å². The molecule has 0 fully saturated rings. The van der Waals surface area contributed by atoms with Gasteiger partial charge in [-0.3, -0.25) is 15.0 Å². The van der Waals surface area contributed by atoms with Gasteiger partial charge in [-0.2, -0.15) is 0 Å². The number of amides is 1. The van der Waals surface area contributed by atoms with Gasteiger partial charge < -0.3 is 32.2 Å². The minimum Gasteiger partial charge on any atom is -0.534 e. The highest BCUT2D eigenvalue weighted by Crippen LogP contribution is 2.30. The zero-order valence-corrected chi connectivity index (χ0v) is 18.3. The molecule has 1 aliphatic rings. The van der Waals surface area contributed by atoms with Crippen molar-refractivity contribution in [2.75, 3.05) is 0 Å². The van der Waals surface area contributed by atoms with Gasteiger partial charge in [0.2, 0.25) is 0 Å². The molecule has 0 bridgehead atoms. The number of para-hydroxylation sites is 1. The summed E-state index contributed by atoms with van der Waals surface area (Å²) < 4.78 is 5.59. The third-order valence-electron chi connectivity index (χ3n) is 5.26. The van der Waals surface area contributed by atoms with Crippen molar-refractivity contribution in [3.8, 4) is 5.75 Å². The van der Waals surface area contributed by atoms with Crippen molar-refractivity contribution < 1.29 is 19.3 Å². The molecule has 1 heterocycles. The van der Waals surface area contributed by atoms with Gasteiger partial charge in [0.15, 0.2) is 11.7 Å². The zero-order valence-electron chi connectivity index (χ0n) is 18.3. The predicted octanol–water partition coefficient (Wildman–Crippen LogP) is 0.284. The Labute approximate surface area is 191 Å². The Morgan fingerprint density at radius 3 is 2.64 bits per heavy atom. The van der Waals surface area contributed by atoms with Crippen molar-refractivity contribution in [1.29, 1.82) is 5.41 Å². The van der Waals surface area contributed by atoms with Gasteiger partial charge in [0, 0.05) is 12.0 Å². The predicted molar refractivity (Wildman–Crippen MR) is 126 cm³/mol. The minimum absolute atomic E-state index is 0.0432. The second-order valence-electron chi connectivity index (χ2n) is 7.95. The number of nitrogens with zero attached hydrogens (tertiary/aromatic N) is 1. The van der Waals surface area contributed by atoms with Crippen LogP contribution in [0, 0.1) is 5.41 Å². The highest BCUT2D eigenvalue weighted by atomic mass is 16.5. The third-order valence-corrected chi connectivity index (χ3v) is 5.26. The van der Waals surface area contributed by atoms with E-state index in [0.29, 0.717) is 41.7 Å². The first kappa shape index (κ1) is 23.8. The normalized spacial score (nSPS) is 14.6. The molecular formula is C22H27BN6O4. The lowest BCUT2D eigenvalue weighted by molar-refractivity contribution is 0.0938. The first-order valence-corrected chi connectivity index (χ1v) is 10.4. The molecule has 2 aromatic rings. The van der Waals surface area contributed by atoms with E-state index in [1.807, 2.05) is 6.07 Å². The second-order valence-corrected chi connectivity index (χ2v) is 7.95. The molecule has 9 N–H and O–H groups in total. The topological polar surface area (TPSA) is 190 Å². The van der Waals surface area contributed by atoms with Gasteiger partial charge in [0.05, 0.1) is 23.9 Å². The van der Waals surface area contributed by atoms with Crippen LogP contribution in [0.4, 0.5) is 0 Å². The Morgan fingerprint density at radius 2 is 1.97 bits per heavy atom. The number of nitrogens with two attached hydrogens (primary N) is 3.